The fraction of sp³-hybridized carbons (Fsp3) is 0.174. The zero-order valence-electron chi connectivity index (χ0n) is 18.1. The summed E-state index contributed by atoms with van der Waals surface area (Å²) in [7, 11) is 0. The number of nitrogens with one attached hydrogen (secondary N) is 2. The number of aryl methyl sites for hydroxylation is 2. The molecule has 33 heavy (non-hydrogen) atoms. The van der Waals surface area contributed by atoms with Crippen LogP contribution < -0.4 is 16.4 Å². The summed E-state index contributed by atoms with van der Waals surface area (Å²) in [4.78, 5) is 44.5. The molecule has 10 nitrogen and oxygen atoms in total. The minimum atomic E-state index is -0.637. The second-order valence-electron chi connectivity index (χ2n) is 7.47. The second kappa shape index (κ2) is 8.95. The maximum absolute atomic E-state index is 12.5. The molecular weight excluding hydrogens is 424 g/mol. The number of nitrogens with two attached hydrogens (primary N) is 1. The molecule has 0 saturated heterocycles. The molecule has 0 fully saturated rings. The Kier molecular flexibility index (Phi) is 5.90. The lowest BCUT2D eigenvalue weighted by molar-refractivity contribution is -0.116. The summed E-state index contributed by atoms with van der Waals surface area (Å²) < 4.78 is 6.76. The van der Waals surface area contributed by atoms with Crippen molar-refractivity contribution in [3.05, 3.63) is 77.4 Å². The highest BCUT2D eigenvalue weighted by molar-refractivity contribution is 6.02. The van der Waals surface area contributed by atoms with Gasteiger partial charge in [0.2, 0.25) is 5.91 Å². The molecular formula is C23H22N6O4. The number of rotatable bonds is 7. The Morgan fingerprint density at radius 1 is 1.06 bits per heavy atom. The van der Waals surface area contributed by atoms with Crippen molar-refractivity contribution >= 4 is 34.7 Å². The van der Waals surface area contributed by atoms with Crippen molar-refractivity contribution in [2.24, 2.45) is 5.73 Å². The number of aromatic nitrogens is 3. The van der Waals surface area contributed by atoms with E-state index in [2.05, 4.69) is 20.6 Å². The molecule has 0 aliphatic carbocycles. The first-order chi connectivity index (χ1) is 15.8. The zero-order valence-corrected chi connectivity index (χ0v) is 18.1. The number of carbonyl (C=O) groups is 3. The Morgan fingerprint density at radius 2 is 1.76 bits per heavy atom. The molecule has 0 radical (unpaired) electrons. The van der Waals surface area contributed by atoms with Gasteiger partial charge in [0.05, 0.1) is 6.26 Å². The monoisotopic (exact) mass is 446 g/mol. The van der Waals surface area contributed by atoms with Gasteiger partial charge in [-0.1, -0.05) is 0 Å². The third-order valence-corrected chi connectivity index (χ3v) is 5.26. The Hall–Kier alpha value is -4.47. The lowest BCUT2D eigenvalue weighted by atomic mass is 10.1. The number of fused-ring (bicyclic) bond motifs is 1. The van der Waals surface area contributed by atoms with Gasteiger partial charge >= 0.3 is 0 Å². The van der Waals surface area contributed by atoms with E-state index in [-0.39, 0.29) is 29.7 Å². The molecule has 4 N–H and O–H groups in total. The van der Waals surface area contributed by atoms with Gasteiger partial charge in [0.15, 0.2) is 17.1 Å². The highest BCUT2D eigenvalue weighted by Crippen LogP contribution is 2.19. The van der Waals surface area contributed by atoms with Gasteiger partial charge in [-0.25, -0.2) is 9.97 Å². The third-order valence-electron chi connectivity index (χ3n) is 5.26. The minimum Gasteiger partial charge on any atom is -0.459 e. The number of amides is 3. The highest BCUT2D eigenvalue weighted by atomic mass is 16.3. The fourth-order valence-electron chi connectivity index (χ4n) is 3.56. The van der Waals surface area contributed by atoms with Crippen LogP contribution in [0.2, 0.25) is 0 Å². The molecule has 0 unspecified atom stereocenters. The Morgan fingerprint density at radius 3 is 2.39 bits per heavy atom. The van der Waals surface area contributed by atoms with E-state index in [4.69, 9.17) is 10.2 Å². The molecule has 0 bridgehead atoms. The minimum absolute atomic E-state index is 0.120. The third kappa shape index (κ3) is 4.59. The van der Waals surface area contributed by atoms with Crippen molar-refractivity contribution in [1.29, 1.82) is 0 Å². The summed E-state index contributed by atoms with van der Waals surface area (Å²) in [5.41, 5.74) is 9.54. The molecule has 0 aliphatic rings. The molecule has 3 aromatic heterocycles. The van der Waals surface area contributed by atoms with E-state index in [1.165, 1.54) is 12.6 Å². The van der Waals surface area contributed by atoms with Gasteiger partial charge in [-0.15, -0.1) is 0 Å². The number of imidazole rings is 1. The molecule has 4 rings (SSSR count). The smallest absolute Gasteiger partial charge is 0.291 e. The van der Waals surface area contributed by atoms with Crippen LogP contribution in [0.4, 0.5) is 11.4 Å². The fourth-order valence-corrected chi connectivity index (χ4v) is 3.56. The Labute approximate surface area is 188 Å². The molecule has 3 heterocycles. The van der Waals surface area contributed by atoms with E-state index < -0.39 is 5.91 Å². The van der Waals surface area contributed by atoms with Crippen molar-refractivity contribution in [3.63, 3.8) is 0 Å². The maximum atomic E-state index is 12.5. The number of anilines is 2. The normalized spacial score (nSPS) is 10.8. The van der Waals surface area contributed by atoms with Crippen LogP contribution in [-0.2, 0) is 11.2 Å². The largest absolute Gasteiger partial charge is 0.459 e. The Bertz CT molecular complexity index is 1340. The summed E-state index contributed by atoms with van der Waals surface area (Å²) in [5.74, 6) is -0.937. The molecule has 0 spiro atoms. The van der Waals surface area contributed by atoms with Crippen LogP contribution in [0.3, 0.4) is 0 Å². The highest BCUT2D eigenvalue weighted by Gasteiger charge is 2.17. The van der Waals surface area contributed by atoms with E-state index in [1.807, 2.05) is 13.8 Å². The van der Waals surface area contributed by atoms with E-state index in [9.17, 15) is 14.4 Å². The van der Waals surface area contributed by atoms with Crippen LogP contribution in [0.1, 0.15) is 44.4 Å². The number of primary amides is 1. The van der Waals surface area contributed by atoms with Crippen LogP contribution in [0.25, 0.3) is 5.65 Å². The SMILES string of the molecule is Cc1nc2c(C(N)=O)ncn2c(C)c1CCC(=O)Nc1ccc(NC(=O)c2ccco2)cc1. The van der Waals surface area contributed by atoms with Crippen LogP contribution in [0, 0.1) is 13.8 Å². The van der Waals surface area contributed by atoms with Crippen LogP contribution in [-0.4, -0.2) is 32.1 Å². The number of carbonyl (C=O) groups excluding carboxylic acids is 3. The molecule has 3 amide bonds. The first-order valence-electron chi connectivity index (χ1n) is 10.2. The molecule has 0 aliphatic heterocycles. The molecule has 0 saturated carbocycles. The van der Waals surface area contributed by atoms with Gasteiger partial charge in [0.25, 0.3) is 11.8 Å². The van der Waals surface area contributed by atoms with E-state index in [1.54, 1.807) is 40.8 Å². The van der Waals surface area contributed by atoms with Crippen molar-refractivity contribution in [2.45, 2.75) is 26.7 Å². The van der Waals surface area contributed by atoms with E-state index in [0.717, 1.165) is 11.3 Å². The molecule has 10 heteroatoms. The first-order valence-corrected chi connectivity index (χ1v) is 10.2. The predicted octanol–water partition coefficient (Wildman–Crippen LogP) is 2.86. The Balaban J connectivity index is 1.38. The van der Waals surface area contributed by atoms with Gasteiger partial charge in [0, 0.05) is 29.2 Å². The summed E-state index contributed by atoms with van der Waals surface area (Å²) in [6.07, 6.45) is 3.64. The topological polar surface area (TPSA) is 145 Å². The van der Waals surface area contributed by atoms with Crippen molar-refractivity contribution in [3.8, 4) is 0 Å². The van der Waals surface area contributed by atoms with Gasteiger partial charge in [-0.3, -0.25) is 18.8 Å². The number of hydrogen-bond donors (Lipinski definition) is 3. The van der Waals surface area contributed by atoms with Gasteiger partial charge in [0.1, 0.15) is 6.33 Å². The molecule has 0 atom stereocenters. The van der Waals surface area contributed by atoms with E-state index in [0.29, 0.717) is 29.1 Å². The molecule has 4 aromatic rings. The van der Waals surface area contributed by atoms with E-state index >= 15 is 0 Å². The van der Waals surface area contributed by atoms with Gasteiger partial charge in [-0.2, -0.15) is 0 Å². The van der Waals surface area contributed by atoms with Gasteiger partial charge in [-0.05, 0) is 62.2 Å². The van der Waals surface area contributed by atoms with Crippen molar-refractivity contribution in [1.82, 2.24) is 14.4 Å². The maximum Gasteiger partial charge on any atom is 0.291 e. The summed E-state index contributed by atoms with van der Waals surface area (Å²) >= 11 is 0. The van der Waals surface area contributed by atoms with Crippen LogP contribution >= 0.6 is 0 Å². The summed E-state index contributed by atoms with van der Waals surface area (Å²) in [5, 5.41) is 5.56. The lowest BCUT2D eigenvalue weighted by Gasteiger charge is -2.12. The van der Waals surface area contributed by atoms with Crippen molar-refractivity contribution in [2.75, 3.05) is 10.6 Å². The quantitative estimate of drug-likeness (QED) is 0.398. The first kappa shape index (κ1) is 21.8. The number of nitrogens with zero attached hydrogens (tertiary/aromatic N) is 3. The van der Waals surface area contributed by atoms with Crippen molar-refractivity contribution < 1.29 is 18.8 Å². The van der Waals surface area contributed by atoms with Crippen LogP contribution in [0.5, 0.6) is 0 Å². The lowest BCUT2D eigenvalue weighted by Crippen LogP contribution is -2.15. The number of furan rings is 1. The molecule has 168 valence electrons. The van der Waals surface area contributed by atoms with Crippen LogP contribution in [0.15, 0.2) is 53.4 Å². The standard InChI is InChI=1S/C23H22N6O4/c1-13-17(14(2)29-12-25-20(21(24)31)22(29)26-13)9-10-19(30)27-15-5-7-16(8-6-15)28-23(32)18-4-3-11-33-18/h3-8,11-12H,9-10H2,1-2H3,(H2,24,31)(H,27,30)(H,28,32). The average molecular weight is 446 g/mol. The summed E-state index contributed by atoms with van der Waals surface area (Å²) in [6, 6.07) is 10.0. The van der Waals surface area contributed by atoms with Gasteiger partial charge < -0.3 is 20.8 Å². The number of benzene rings is 1. The summed E-state index contributed by atoms with van der Waals surface area (Å²) in [6.45, 7) is 3.71. The average Bonchev–Trinajstić information content (AvgIpc) is 3.45. The predicted molar refractivity (Wildman–Crippen MR) is 121 cm³/mol. The zero-order chi connectivity index (χ0) is 23.5. The second-order valence-corrected chi connectivity index (χ2v) is 7.47. The molecule has 1 aromatic carbocycles. The number of hydrogen-bond acceptors (Lipinski definition) is 6.